The standard InChI is InChI=1S/C15H15F3N4O2/c1-2-6-22(9-13(23)24)12-7-11(15(16,17)18)20-14(21-12)10-4-3-5-19-8-10/h3-5,7-8H,2,6,9H2,1H3,(H,23,24). The number of rotatable bonds is 6. The number of pyridine rings is 1. The number of aromatic nitrogens is 3. The van der Waals surface area contributed by atoms with Crippen LogP contribution in [-0.2, 0) is 11.0 Å². The molecule has 0 radical (unpaired) electrons. The summed E-state index contributed by atoms with van der Waals surface area (Å²) in [5.41, 5.74) is -0.811. The van der Waals surface area contributed by atoms with Crippen LogP contribution in [0, 0.1) is 0 Å². The van der Waals surface area contributed by atoms with Gasteiger partial charge in [0.05, 0.1) is 0 Å². The van der Waals surface area contributed by atoms with Gasteiger partial charge in [-0.25, -0.2) is 9.97 Å². The number of carbonyl (C=O) groups is 1. The molecule has 2 rings (SSSR count). The smallest absolute Gasteiger partial charge is 0.433 e. The number of carboxylic acids is 1. The van der Waals surface area contributed by atoms with Crippen molar-refractivity contribution in [1.82, 2.24) is 15.0 Å². The van der Waals surface area contributed by atoms with Crippen molar-refractivity contribution in [3.8, 4) is 11.4 Å². The third-order valence-electron chi connectivity index (χ3n) is 3.07. The highest BCUT2D eigenvalue weighted by Gasteiger charge is 2.34. The Bertz CT molecular complexity index is 708. The van der Waals surface area contributed by atoms with Crippen molar-refractivity contribution in [3.63, 3.8) is 0 Å². The Morgan fingerprint density at radius 3 is 2.62 bits per heavy atom. The summed E-state index contributed by atoms with van der Waals surface area (Å²) >= 11 is 0. The van der Waals surface area contributed by atoms with E-state index in [2.05, 4.69) is 15.0 Å². The molecule has 2 aromatic rings. The summed E-state index contributed by atoms with van der Waals surface area (Å²) in [5.74, 6) is -1.39. The molecule has 0 atom stereocenters. The molecular weight excluding hydrogens is 325 g/mol. The number of nitrogens with zero attached hydrogens (tertiary/aromatic N) is 4. The Kier molecular flexibility index (Phi) is 5.32. The Morgan fingerprint density at radius 1 is 1.33 bits per heavy atom. The first-order valence-electron chi connectivity index (χ1n) is 7.14. The molecule has 6 nitrogen and oxygen atoms in total. The first kappa shape index (κ1) is 17.6. The van der Waals surface area contributed by atoms with Crippen LogP contribution in [-0.4, -0.2) is 39.1 Å². The molecule has 0 spiro atoms. The Hall–Kier alpha value is -2.71. The van der Waals surface area contributed by atoms with Gasteiger partial charge in [-0.3, -0.25) is 9.78 Å². The lowest BCUT2D eigenvalue weighted by molar-refractivity contribution is -0.141. The summed E-state index contributed by atoms with van der Waals surface area (Å²) in [7, 11) is 0. The second-order valence-electron chi connectivity index (χ2n) is 4.99. The maximum atomic E-state index is 13.1. The molecule has 24 heavy (non-hydrogen) atoms. The topological polar surface area (TPSA) is 79.2 Å². The van der Waals surface area contributed by atoms with Gasteiger partial charge in [0.2, 0.25) is 0 Å². The maximum absolute atomic E-state index is 13.1. The van der Waals surface area contributed by atoms with Gasteiger partial charge in [-0.1, -0.05) is 6.92 Å². The number of hydrogen-bond donors (Lipinski definition) is 1. The zero-order valence-electron chi connectivity index (χ0n) is 12.8. The Labute approximate surface area is 136 Å². The molecular formula is C15H15F3N4O2. The molecule has 0 aliphatic rings. The van der Waals surface area contributed by atoms with Crippen LogP contribution < -0.4 is 4.90 Å². The van der Waals surface area contributed by atoms with E-state index in [1.54, 1.807) is 13.0 Å². The highest BCUT2D eigenvalue weighted by Crippen LogP contribution is 2.31. The summed E-state index contributed by atoms with van der Waals surface area (Å²) in [6, 6.07) is 3.85. The first-order valence-corrected chi connectivity index (χ1v) is 7.14. The number of alkyl halides is 3. The van der Waals surface area contributed by atoms with E-state index in [0.29, 0.717) is 12.0 Å². The zero-order valence-corrected chi connectivity index (χ0v) is 12.8. The lowest BCUT2D eigenvalue weighted by Crippen LogP contribution is -2.31. The monoisotopic (exact) mass is 340 g/mol. The van der Waals surface area contributed by atoms with E-state index in [1.165, 1.54) is 23.4 Å². The van der Waals surface area contributed by atoms with Crippen LogP contribution in [0.2, 0.25) is 0 Å². The van der Waals surface area contributed by atoms with E-state index < -0.39 is 24.4 Å². The molecule has 0 aliphatic carbocycles. The van der Waals surface area contributed by atoms with Crippen molar-refractivity contribution >= 4 is 11.8 Å². The molecule has 0 unspecified atom stereocenters. The number of halogens is 3. The van der Waals surface area contributed by atoms with Crippen molar-refractivity contribution in [2.24, 2.45) is 0 Å². The number of anilines is 1. The number of hydrogen-bond acceptors (Lipinski definition) is 5. The van der Waals surface area contributed by atoms with Crippen molar-refractivity contribution in [2.75, 3.05) is 18.0 Å². The zero-order chi connectivity index (χ0) is 17.7. The van der Waals surface area contributed by atoms with Crippen LogP contribution in [0.5, 0.6) is 0 Å². The van der Waals surface area contributed by atoms with Crippen LogP contribution in [0.4, 0.5) is 19.0 Å². The van der Waals surface area contributed by atoms with Gasteiger partial charge in [0, 0.05) is 30.6 Å². The second kappa shape index (κ2) is 7.24. The minimum Gasteiger partial charge on any atom is -0.480 e. The van der Waals surface area contributed by atoms with Gasteiger partial charge < -0.3 is 10.0 Å². The van der Waals surface area contributed by atoms with E-state index in [0.717, 1.165) is 6.07 Å². The average molecular weight is 340 g/mol. The van der Waals surface area contributed by atoms with Crippen molar-refractivity contribution in [1.29, 1.82) is 0 Å². The molecule has 0 fully saturated rings. The van der Waals surface area contributed by atoms with Crippen LogP contribution in [0.1, 0.15) is 19.0 Å². The molecule has 0 aliphatic heterocycles. The molecule has 1 N–H and O–H groups in total. The lowest BCUT2D eigenvalue weighted by atomic mass is 10.2. The Morgan fingerprint density at radius 2 is 2.08 bits per heavy atom. The fourth-order valence-electron chi connectivity index (χ4n) is 2.07. The highest BCUT2D eigenvalue weighted by atomic mass is 19.4. The second-order valence-corrected chi connectivity index (χ2v) is 4.99. The predicted octanol–water partition coefficient (Wildman–Crippen LogP) is 2.86. The molecule has 0 amide bonds. The lowest BCUT2D eigenvalue weighted by Gasteiger charge is -2.22. The van der Waals surface area contributed by atoms with Crippen LogP contribution in [0.15, 0.2) is 30.6 Å². The third kappa shape index (κ3) is 4.40. The normalized spacial score (nSPS) is 11.3. The van der Waals surface area contributed by atoms with Crippen LogP contribution in [0.25, 0.3) is 11.4 Å². The first-order chi connectivity index (χ1) is 11.3. The van der Waals surface area contributed by atoms with Gasteiger partial charge in [0.15, 0.2) is 11.5 Å². The van der Waals surface area contributed by atoms with E-state index >= 15 is 0 Å². The predicted molar refractivity (Wildman–Crippen MR) is 80.4 cm³/mol. The van der Waals surface area contributed by atoms with Gasteiger partial charge >= 0.3 is 12.1 Å². The molecule has 0 bridgehead atoms. The molecule has 0 saturated heterocycles. The van der Waals surface area contributed by atoms with Crippen LogP contribution in [0.3, 0.4) is 0 Å². The minimum absolute atomic E-state index is 0.0829. The molecule has 0 aromatic carbocycles. The largest absolute Gasteiger partial charge is 0.480 e. The molecule has 2 heterocycles. The minimum atomic E-state index is -4.67. The SMILES string of the molecule is CCCN(CC(=O)O)c1cc(C(F)(F)F)nc(-c2cccnc2)n1. The van der Waals surface area contributed by atoms with Gasteiger partial charge in [0.1, 0.15) is 12.4 Å². The number of aliphatic carboxylic acids is 1. The molecule has 128 valence electrons. The van der Waals surface area contributed by atoms with Gasteiger partial charge in [-0.2, -0.15) is 13.2 Å². The fourth-order valence-corrected chi connectivity index (χ4v) is 2.07. The maximum Gasteiger partial charge on any atom is 0.433 e. The molecule has 2 aromatic heterocycles. The Balaban J connectivity index is 2.55. The highest BCUT2D eigenvalue weighted by molar-refractivity contribution is 5.73. The van der Waals surface area contributed by atoms with E-state index in [9.17, 15) is 18.0 Å². The van der Waals surface area contributed by atoms with Crippen molar-refractivity contribution < 1.29 is 23.1 Å². The molecule has 9 heteroatoms. The van der Waals surface area contributed by atoms with Gasteiger partial charge in [-0.05, 0) is 18.6 Å². The number of carboxylic acid groups (broad SMARTS) is 1. The third-order valence-corrected chi connectivity index (χ3v) is 3.07. The molecule has 0 saturated carbocycles. The van der Waals surface area contributed by atoms with Crippen LogP contribution >= 0.6 is 0 Å². The fraction of sp³-hybridized carbons (Fsp3) is 0.333. The summed E-state index contributed by atoms with van der Waals surface area (Å²) < 4.78 is 39.4. The summed E-state index contributed by atoms with van der Waals surface area (Å²) in [4.78, 5) is 23.7. The summed E-state index contributed by atoms with van der Waals surface area (Å²) in [5, 5.41) is 8.97. The quantitative estimate of drug-likeness (QED) is 0.871. The van der Waals surface area contributed by atoms with Gasteiger partial charge in [-0.15, -0.1) is 0 Å². The van der Waals surface area contributed by atoms with Crippen molar-refractivity contribution in [3.05, 3.63) is 36.3 Å². The van der Waals surface area contributed by atoms with E-state index in [-0.39, 0.29) is 18.2 Å². The van der Waals surface area contributed by atoms with E-state index in [4.69, 9.17) is 5.11 Å². The summed E-state index contributed by atoms with van der Waals surface area (Å²) in [6.45, 7) is 1.60. The van der Waals surface area contributed by atoms with Gasteiger partial charge in [0.25, 0.3) is 0 Å². The van der Waals surface area contributed by atoms with Crippen molar-refractivity contribution in [2.45, 2.75) is 19.5 Å². The van der Waals surface area contributed by atoms with E-state index in [1.807, 2.05) is 0 Å². The summed E-state index contributed by atoms with van der Waals surface area (Å²) in [6.07, 6.45) is -1.29. The average Bonchev–Trinajstić information content (AvgIpc) is 2.53.